The first-order chi connectivity index (χ1) is 14.3. The summed E-state index contributed by atoms with van der Waals surface area (Å²) >= 11 is 0. The molecule has 0 unspecified atom stereocenters. The van der Waals surface area contributed by atoms with Gasteiger partial charge in [0.1, 0.15) is 5.75 Å². The van der Waals surface area contributed by atoms with Gasteiger partial charge < -0.3 is 10.1 Å². The molecule has 160 valence electrons. The number of carbonyl (C=O) groups excluding carboxylic acids is 3. The van der Waals surface area contributed by atoms with E-state index in [2.05, 4.69) is 16.2 Å². The van der Waals surface area contributed by atoms with Crippen LogP contribution in [0.15, 0.2) is 48.5 Å². The number of hydrazine groups is 1. The van der Waals surface area contributed by atoms with E-state index in [1.54, 1.807) is 0 Å². The molecular formula is C23H29N3O4. The topological polar surface area (TPSA) is 96.5 Å². The summed E-state index contributed by atoms with van der Waals surface area (Å²) in [6.07, 6.45) is 0.00319. The molecule has 3 amide bonds. The van der Waals surface area contributed by atoms with Gasteiger partial charge in [-0.15, -0.1) is 0 Å². The standard InChI is InChI=1S/C23H29N3O4/c1-16(2)19-10-9-17(3)13-20(19)30-15-23(29)26-25-22(28)12-11-21(27)24-14-18-7-5-4-6-8-18/h4-10,13,16H,11-12,14-15H2,1-3H3,(H,24,27)(H,25,28)(H,26,29). The molecule has 7 heteroatoms. The van der Waals surface area contributed by atoms with Gasteiger partial charge in [-0.1, -0.05) is 56.3 Å². The molecule has 0 atom stereocenters. The Morgan fingerprint density at radius 3 is 2.27 bits per heavy atom. The van der Waals surface area contributed by atoms with Crippen LogP contribution in [0.25, 0.3) is 0 Å². The van der Waals surface area contributed by atoms with E-state index in [9.17, 15) is 14.4 Å². The summed E-state index contributed by atoms with van der Waals surface area (Å²) in [7, 11) is 0. The summed E-state index contributed by atoms with van der Waals surface area (Å²) in [6.45, 7) is 6.24. The maximum absolute atomic E-state index is 12.0. The van der Waals surface area contributed by atoms with Crippen molar-refractivity contribution in [2.45, 2.75) is 46.1 Å². The smallest absolute Gasteiger partial charge is 0.276 e. The average Bonchev–Trinajstić information content (AvgIpc) is 2.73. The molecule has 0 aliphatic rings. The zero-order chi connectivity index (χ0) is 21.9. The highest BCUT2D eigenvalue weighted by atomic mass is 16.5. The first-order valence-corrected chi connectivity index (χ1v) is 9.97. The van der Waals surface area contributed by atoms with E-state index in [1.807, 2.05) is 69.3 Å². The quantitative estimate of drug-likeness (QED) is 0.553. The van der Waals surface area contributed by atoms with Crippen LogP contribution >= 0.6 is 0 Å². The number of hydrogen-bond acceptors (Lipinski definition) is 4. The minimum Gasteiger partial charge on any atom is -0.483 e. The largest absolute Gasteiger partial charge is 0.483 e. The first-order valence-electron chi connectivity index (χ1n) is 9.97. The lowest BCUT2D eigenvalue weighted by atomic mass is 10.0. The van der Waals surface area contributed by atoms with Crippen LogP contribution in [-0.2, 0) is 20.9 Å². The third kappa shape index (κ3) is 7.95. The van der Waals surface area contributed by atoms with Gasteiger partial charge in [0.05, 0.1) is 0 Å². The first kappa shape index (κ1) is 22.9. The van der Waals surface area contributed by atoms with Gasteiger partial charge in [0.15, 0.2) is 6.61 Å². The molecule has 0 spiro atoms. The predicted octanol–water partition coefficient (Wildman–Crippen LogP) is 2.74. The summed E-state index contributed by atoms with van der Waals surface area (Å²) < 4.78 is 5.62. The second-order valence-corrected chi connectivity index (χ2v) is 7.34. The van der Waals surface area contributed by atoms with Crippen LogP contribution < -0.4 is 20.9 Å². The summed E-state index contributed by atoms with van der Waals surface area (Å²) in [5.74, 6) is -0.244. The van der Waals surface area contributed by atoms with E-state index < -0.39 is 11.8 Å². The van der Waals surface area contributed by atoms with E-state index in [1.165, 1.54) is 0 Å². The van der Waals surface area contributed by atoms with Crippen molar-refractivity contribution >= 4 is 17.7 Å². The van der Waals surface area contributed by atoms with Crippen LogP contribution in [0.5, 0.6) is 5.75 Å². The molecule has 2 aromatic carbocycles. The fraction of sp³-hybridized carbons (Fsp3) is 0.348. The lowest BCUT2D eigenvalue weighted by Gasteiger charge is -2.15. The lowest BCUT2D eigenvalue weighted by Crippen LogP contribution is -2.44. The van der Waals surface area contributed by atoms with Crippen molar-refractivity contribution in [2.24, 2.45) is 0 Å². The summed E-state index contributed by atoms with van der Waals surface area (Å²) in [4.78, 5) is 35.6. The molecule has 30 heavy (non-hydrogen) atoms. The highest BCUT2D eigenvalue weighted by Gasteiger charge is 2.12. The number of rotatable bonds is 9. The Balaban J connectivity index is 1.66. The third-order valence-electron chi connectivity index (χ3n) is 4.40. The van der Waals surface area contributed by atoms with Crippen LogP contribution in [0.2, 0.25) is 0 Å². The minimum absolute atomic E-state index is 0.0306. The Morgan fingerprint density at radius 1 is 0.900 bits per heavy atom. The second-order valence-electron chi connectivity index (χ2n) is 7.34. The number of amides is 3. The van der Waals surface area contributed by atoms with Crippen molar-refractivity contribution in [3.8, 4) is 5.75 Å². The fourth-order valence-corrected chi connectivity index (χ4v) is 2.74. The molecule has 0 heterocycles. The predicted molar refractivity (Wildman–Crippen MR) is 115 cm³/mol. The number of carbonyl (C=O) groups is 3. The van der Waals surface area contributed by atoms with E-state index >= 15 is 0 Å². The Kier molecular flexibility index (Phi) is 8.87. The number of aryl methyl sites for hydroxylation is 1. The highest BCUT2D eigenvalue weighted by Crippen LogP contribution is 2.27. The molecule has 0 fully saturated rings. The van der Waals surface area contributed by atoms with Gasteiger partial charge >= 0.3 is 0 Å². The van der Waals surface area contributed by atoms with Gasteiger partial charge in [-0.05, 0) is 35.6 Å². The maximum Gasteiger partial charge on any atom is 0.276 e. The Labute approximate surface area is 177 Å². The maximum atomic E-state index is 12.0. The van der Waals surface area contributed by atoms with Crippen LogP contribution in [0.1, 0.15) is 49.3 Å². The molecule has 3 N–H and O–H groups in total. The zero-order valence-electron chi connectivity index (χ0n) is 17.7. The van der Waals surface area contributed by atoms with Crippen molar-refractivity contribution in [1.82, 2.24) is 16.2 Å². The van der Waals surface area contributed by atoms with Gasteiger partial charge in [0.25, 0.3) is 5.91 Å². The Hall–Kier alpha value is -3.35. The molecule has 2 rings (SSSR count). The highest BCUT2D eigenvalue weighted by molar-refractivity contribution is 5.86. The molecule has 0 aliphatic carbocycles. The lowest BCUT2D eigenvalue weighted by molar-refractivity contribution is -0.131. The van der Waals surface area contributed by atoms with E-state index in [4.69, 9.17) is 4.74 Å². The van der Waals surface area contributed by atoms with Gasteiger partial charge in [-0.25, -0.2) is 0 Å². The molecule has 0 aromatic heterocycles. The van der Waals surface area contributed by atoms with Gasteiger partial charge in [0.2, 0.25) is 11.8 Å². The summed E-state index contributed by atoms with van der Waals surface area (Å²) in [6, 6.07) is 15.4. The Bertz CT molecular complexity index is 866. The molecule has 0 radical (unpaired) electrons. The number of hydrogen-bond donors (Lipinski definition) is 3. The summed E-state index contributed by atoms with van der Waals surface area (Å²) in [5, 5.41) is 2.75. The molecule has 0 saturated carbocycles. The number of ether oxygens (including phenoxy) is 1. The van der Waals surface area contributed by atoms with Gasteiger partial charge in [-0.3, -0.25) is 25.2 Å². The van der Waals surface area contributed by atoms with Gasteiger partial charge in [-0.2, -0.15) is 0 Å². The van der Waals surface area contributed by atoms with Crippen molar-refractivity contribution in [3.63, 3.8) is 0 Å². The Morgan fingerprint density at radius 2 is 1.57 bits per heavy atom. The molecule has 0 saturated heterocycles. The average molecular weight is 412 g/mol. The minimum atomic E-state index is -0.479. The molecule has 0 aliphatic heterocycles. The van der Waals surface area contributed by atoms with Crippen LogP contribution in [0, 0.1) is 6.92 Å². The SMILES string of the molecule is Cc1ccc(C(C)C)c(OCC(=O)NNC(=O)CCC(=O)NCc2ccccc2)c1. The fourth-order valence-electron chi connectivity index (χ4n) is 2.74. The number of benzene rings is 2. The normalized spacial score (nSPS) is 10.4. The van der Waals surface area contributed by atoms with Crippen LogP contribution in [0.4, 0.5) is 0 Å². The van der Waals surface area contributed by atoms with Crippen LogP contribution in [-0.4, -0.2) is 24.3 Å². The number of nitrogens with one attached hydrogen (secondary N) is 3. The monoisotopic (exact) mass is 411 g/mol. The van der Waals surface area contributed by atoms with Crippen molar-refractivity contribution < 1.29 is 19.1 Å². The van der Waals surface area contributed by atoms with Gasteiger partial charge in [0, 0.05) is 19.4 Å². The zero-order valence-corrected chi connectivity index (χ0v) is 17.7. The molecule has 7 nitrogen and oxygen atoms in total. The summed E-state index contributed by atoms with van der Waals surface area (Å²) in [5.41, 5.74) is 7.63. The van der Waals surface area contributed by atoms with E-state index in [0.29, 0.717) is 12.3 Å². The van der Waals surface area contributed by atoms with Crippen molar-refractivity contribution in [1.29, 1.82) is 0 Å². The molecule has 0 bridgehead atoms. The molecular weight excluding hydrogens is 382 g/mol. The van der Waals surface area contributed by atoms with Crippen LogP contribution in [0.3, 0.4) is 0 Å². The molecule has 2 aromatic rings. The van der Waals surface area contributed by atoms with E-state index in [0.717, 1.165) is 16.7 Å². The van der Waals surface area contributed by atoms with E-state index in [-0.39, 0.29) is 31.3 Å². The third-order valence-corrected chi connectivity index (χ3v) is 4.40. The van der Waals surface area contributed by atoms with Crippen molar-refractivity contribution in [2.75, 3.05) is 6.61 Å². The second kappa shape index (κ2) is 11.6. The van der Waals surface area contributed by atoms with Crippen molar-refractivity contribution in [3.05, 3.63) is 65.2 Å².